The van der Waals surface area contributed by atoms with E-state index in [2.05, 4.69) is 49.4 Å². The third kappa shape index (κ3) is 5.67. The number of hydrogen-bond acceptors (Lipinski definition) is 8. The van der Waals surface area contributed by atoms with Gasteiger partial charge in [0.15, 0.2) is 0 Å². The molecule has 0 spiro atoms. The summed E-state index contributed by atoms with van der Waals surface area (Å²) in [7, 11) is 4.06. The summed E-state index contributed by atoms with van der Waals surface area (Å²) in [6.45, 7) is 4.85. The number of morpholine rings is 1. The summed E-state index contributed by atoms with van der Waals surface area (Å²) < 4.78 is 11.4. The lowest BCUT2D eigenvalue weighted by Gasteiger charge is -2.28. The molecule has 8 heteroatoms. The second-order valence-electron chi connectivity index (χ2n) is 8.74. The average molecular weight is 471 g/mol. The highest BCUT2D eigenvalue weighted by atomic mass is 16.5. The van der Waals surface area contributed by atoms with E-state index >= 15 is 0 Å². The second kappa shape index (κ2) is 10.7. The fourth-order valence-corrected chi connectivity index (χ4v) is 4.01. The fraction of sp³-hybridized carbons (Fsp3) is 0.296. The van der Waals surface area contributed by atoms with E-state index < -0.39 is 0 Å². The van der Waals surface area contributed by atoms with Gasteiger partial charge in [0.25, 0.3) is 0 Å². The predicted octanol–water partition coefficient (Wildman–Crippen LogP) is 4.21. The van der Waals surface area contributed by atoms with Crippen molar-refractivity contribution in [2.75, 3.05) is 63.8 Å². The van der Waals surface area contributed by atoms with Crippen LogP contribution in [0.25, 0.3) is 22.2 Å². The minimum absolute atomic E-state index is 0.532. The van der Waals surface area contributed by atoms with E-state index in [9.17, 15) is 0 Å². The summed E-state index contributed by atoms with van der Waals surface area (Å²) in [5, 5.41) is 4.26. The quantitative estimate of drug-likeness (QED) is 0.410. The van der Waals surface area contributed by atoms with Crippen molar-refractivity contribution in [3.8, 4) is 17.0 Å². The first-order chi connectivity index (χ1) is 17.2. The Kier molecular flexibility index (Phi) is 7.02. The van der Waals surface area contributed by atoms with Crippen molar-refractivity contribution in [2.45, 2.75) is 0 Å². The topological polar surface area (TPSA) is 75.6 Å². The van der Waals surface area contributed by atoms with Crippen LogP contribution in [0.1, 0.15) is 0 Å². The van der Waals surface area contributed by atoms with Gasteiger partial charge in [0, 0.05) is 54.4 Å². The summed E-state index contributed by atoms with van der Waals surface area (Å²) in [6.07, 6.45) is 3.62. The highest BCUT2D eigenvalue weighted by Crippen LogP contribution is 2.29. The van der Waals surface area contributed by atoms with Crippen molar-refractivity contribution < 1.29 is 9.47 Å². The van der Waals surface area contributed by atoms with E-state index in [0.29, 0.717) is 12.6 Å². The highest BCUT2D eigenvalue weighted by Gasteiger charge is 2.12. The van der Waals surface area contributed by atoms with E-state index in [4.69, 9.17) is 14.5 Å². The van der Waals surface area contributed by atoms with Crippen molar-refractivity contribution in [1.29, 1.82) is 0 Å². The zero-order chi connectivity index (χ0) is 24.0. The maximum Gasteiger partial charge on any atom is 0.227 e. The number of fused-ring (bicyclic) bond motifs is 1. The van der Waals surface area contributed by atoms with Gasteiger partial charge in [0.1, 0.15) is 17.9 Å². The molecule has 35 heavy (non-hydrogen) atoms. The van der Waals surface area contributed by atoms with E-state index in [1.807, 2.05) is 50.6 Å². The zero-order valence-electron chi connectivity index (χ0n) is 20.1. The number of nitrogens with one attached hydrogen (secondary N) is 1. The minimum Gasteiger partial charge on any atom is -0.492 e. The summed E-state index contributed by atoms with van der Waals surface area (Å²) in [6, 6.07) is 18.2. The summed E-state index contributed by atoms with van der Waals surface area (Å²) >= 11 is 0. The van der Waals surface area contributed by atoms with Crippen LogP contribution in [-0.4, -0.2) is 73.4 Å². The molecule has 5 rings (SSSR count). The van der Waals surface area contributed by atoms with E-state index in [-0.39, 0.29) is 0 Å². The van der Waals surface area contributed by atoms with Gasteiger partial charge in [0.2, 0.25) is 5.95 Å². The fourth-order valence-electron chi connectivity index (χ4n) is 4.01. The zero-order valence-corrected chi connectivity index (χ0v) is 20.1. The molecule has 1 N–H and O–H groups in total. The standard InChI is InChI=1S/C27H30N6O2/c1-32(2)12-17-35-24-5-3-4-20(18-24)25-26-21(10-11-28-25)19-29-27(31-26)30-22-6-8-23(9-7-22)33-13-15-34-16-14-33/h3-11,18-19H,12-17H2,1-2H3,(H,29,30,31). The van der Waals surface area contributed by atoms with Crippen LogP contribution in [0.4, 0.5) is 17.3 Å². The maximum atomic E-state index is 5.92. The molecular weight excluding hydrogens is 440 g/mol. The van der Waals surface area contributed by atoms with Crippen molar-refractivity contribution in [2.24, 2.45) is 0 Å². The number of pyridine rings is 1. The minimum atomic E-state index is 0.532. The first-order valence-corrected chi connectivity index (χ1v) is 11.9. The molecule has 180 valence electrons. The van der Waals surface area contributed by atoms with Crippen molar-refractivity contribution in [1.82, 2.24) is 19.9 Å². The van der Waals surface area contributed by atoms with Crippen LogP contribution >= 0.6 is 0 Å². The van der Waals surface area contributed by atoms with Gasteiger partial charge in [-0.05, 0) is 56.6 Å². The van der Waals surface area contributed by atoms with Gasteiger partial charge in [0.05, 0.1) is 18.9 Å². The normalized spacial score (nSPS) is 13.9. The number of likely N-dealkylation sites (N-methyl/N-ethyl adjacent to an activating group) is 1. The molecule has 0 bridgehead atoms. The van der Waals surface area contributed by atoms with Crippen molar-refractivity contribution in [3.05, 3.63) is 67.0 Å². The average Bonchev–Trinajstić information content (AvgIpc) is 2.89. The molecule has 0 unspecified atom stereocenters. The Labute approximate surface area is 205 Å². The molecule has 2 aromatic heterocycles. The number of hydrogen-bond donors (Lipinski definition) is 1. The van der Waals surface area contributed by atoms with Gasteiger partial charge in [-0.15, -0.1) is 0 Å². The number of anilines is 3. The molecule has 0 atom stereocenters. The number of ether oxygens (including phenoxy) is 2. The largest absolute Gasteiger partial charge is 0.492 e. The maximum absolute atomic E-state index is 5.92. The van der Waals surface area contributed by atoms with Crippen LogP contribution < -0.4 is 15.0 Å². The SMILES string of the molecule is CN(C)CCOc1cccc(-c2nccc3cnc(Nc4ccc(N5CCOCC5)cc4)nc23)c1. The monoisotopic (exact) mass is 470 g/mol. The van der Waals surface area contributed by atoms with Gasteiger partial charge < -0.3 is 24.6 Å². The lowest BCUT2D eigenvalue weighted by molar-refractivity contribution is 0.122. The van der Waals surface area contributed by atoms with Crippen LogP contribution in [0, 0.1) is 0 Å². The smallest absolute Gasteiger partial charge is 0.227 e. The van der Waals surface area contributed by atoms with Crippen LogP contribution in [0.5, 0.6) is 5.75 Å². The number of benzene rings is 2. The lowest BCUT2D eigenvalue weighted by atomic mass is 10.1. The molecule has 0 radical (unpaired) electrons. The lowest BCUT2D eigenvalue weighted by Crippen LogP contribution is -2.36. The first-order valence-electron chi connectivity index (χ1n) is 11.9. The molecule has 1 saturated heterocycles. The molecule has 1 fully saturated rings. The molecular formula is C27H30N6O2. The molecule has 0 amide bonds. The van der Waals surface area contributed by atoms with Gasteiger partial charge in [-0.3, -0.25) is 4.98 Å². The van der Waals surface area contributed by atoms with Crippen LogP contribution in [0.3, 0.4) is 0 Å². The number of nitrogens with zero attached hydrogens (tertiary/aromatic N) is 5. The van der Waals surface area contributed by atoms with Gasteiger partial charge in [-0.2, -0.15) is 0 Å². The first kappa shape index (κ1) is 23.0. The Morgan fingerprint density at radius 1 is 1.03 bits per heavy atom. The Balaban J connectivity index is 1.37. The number of aromatic nitrogens is 3. The van der Waals surface area contributed by atoms with E-state index in [0.717, 1.165) is 66.4 Å². The van der Waals surface area contributed by atoms with E-state index in [1.165, 1.54) is 5.69 Å². The van der Waals surface area contributed by atoms with Crippen LogP contribution in [0.2, 0.25) is 0 Å². The summed E-state index contributed by atoms with van der Waals surface area (Å²) in [5.41, 5.74) is 4.67. The molecule has 2 aromatic carbocycles. The van der Waals surface area contributed by atoms with Crippen molar-refractivity contribution in [3.63, 3.8) is 0 Å². The van der Waals surface area contributed by atoms with Crippen LogP contribution in [0.15, 0.2) is 67.0 Å². The summed E-state index contributed by atoms with van der Waals surface area (Å²) in [4.78, 5) is 18.4. The predicted molar refractivity (Wildman–Crippen MR) is 140 cm³/mol. The molecule has 1 aliphatic heterocycles. The number of rotatable bonds is 8. The Morgan fingerprint density at radius 2 is 1.86 bits per heavy atom. The Hall–Kier alpha value is -3.75. The Bertz CT molecular complexity index is 1270. The van der Waals surface area contributed by atoms with E-state index in [1.54, 1.807) is 6.20 Å². The third-order valence-corrected chi connectivity index (χ3v) is 5.91. The second-order valence-corrected chi connectivity index (χ2v) is 8.74. The third-order valence-electron chi connectivity index (χ3n) is 5.91. The molecule has 8 nitrogen and oxygen atoms in total. The molecule has 0 aliphatic carbocycles. The molecule has 0 saturated carbocycles. The highest BCUT2D eigenvalue weighted by molar-refractivity contribution is 5.91. The van der Waals surface area contributed by atoms with Gasteiger partial charge >= 0.3 is 0 Å². The van der Waals surface area contributed by atoms with Gasteiger partial charge in [-0.1, -0.05) is 12.1 Å². The van der Waals surface area contributed by atoms with Gasteiger partial charge in [-0.25, -0.2) is 9.97 Å². The summed E-state index contributed by atoms with van der Waals surface area (Å²) in [5.74, 6) is 1.35. The Morgan fingerprint density at radius 3 is 2.66 bits per heavy atom. The van der Waals surface area contributed by atoms with Crippen molar-refractivity contribution >= 4 is 28.2 Å². The molecule has 4 aromatic rings. The van der Waals surface area contributed by atoms with Crippen LogP contribution in [-0.2, 0) is 4.74 Å². The molecule has 3 heterocycles. The molecule has 1 aliphatic rings.